The molecule has 0 unspecified atom stereocenters. The molecule has 4 nitrogen and oxygen atoms in total. The molecule has 1 amide bonds. The quantitative estimate of drug-likeness (QED) is 0.630. The van der Waals surface area contributed by atoms with Crippen molar-refractivity contribution in [2.24, 2.45) is 0 Å². The molecule has 0 aromatic heterocycles. The lowest BCUT2D eigenvalue weighted by molar-refractivity contribution is -0.121. The zero-order valence-corrected chi connectivity index (χ0v) is 15.6. The molecule has 0 aliphatic rings. The van der Waals surface area contributed by atoms with Gasteiger partial charge in [0, 0.05) is 23.0 Å². The second-order valence-electron chi connectivity index (χ2n) is 5.37. The molecule has 0 atom stereocenters. The molecule has 0 saturated heterocycles. The molecule has 25 heavy (non-hydrogen) atoms. The summed E-state index contributed by atoms with van der Waals surface area (Å²) >= 11 is 11.9. The van der Waals surface area contributed by atoms with Gasteiger partial charge in [0.05, 0.1) is 13.2 Å². The number of carbonyl (C=O) groups is 1. The van der Waals surface area contributed by atoms with Gasteiger partial charge in [0.2, 0.25) is 5.91 Å². The van der Waals surface area contributed by atoms with Crippen molar-refractivity contribution in [2.45, 2.75) is 26.3 Å². The predicted octanol–water partition coefficient (Wildman–Crippen LogP) is 4.87. The Hall–Kier alpha value is -1.91. The lowest BCUT2D eigenvalue weighted by Gasteiger charge is -2.09. The lowest BCUT2D eigenvalue weighted by Crippen LogP contribution is -2.23. The van der Waals surface area contributed by atoms with E-state index in [1.807, 2.05) is 31.2 Å². The Kier molecular flexibility index (Phi) is 7.89. The Bertz CT molecular complexity index is 690. The molecule has 134 valence electrons. The van der Waals surface area contributed by atoms with E-state index in [1.165, 1.54) is 0 Å². The molecule has 1 N–H and O–H groups in total. The maximum atomic E-state index is 11.9. The van der Waals surface area contributed by atoms with E-state index in [9.17, 15) is 4.79 Å². The third kappa shape index (κ3) is 6.85. The van der Waals surface area contributed by atoms with Gasteiger partial charge in [-0.05, 0) is 55.3 Å². The van der Waals surface area contributed by atoms with Crippen molar-refractivity contribution in [3.8, 4) is 11.5 Å². The summed E-state index contributed by atoms with van der Waals surface area (Å²) < 4.78 is 11.0. The van der Waals surface area contributed by atoms with Gasteiger partial charge in [-0.3, -0.25) is 4.79 Å². The zero-order chi connectivity index (χ0) is 18.1. The lowest BCUT2D eigenvalue weighted by atomic mass is 10.2. The Morgan fingerprint density at radius 2 is 1.72 bits per heavy atom. The highest BCUT2D eigenvalue weighted by Crippen LogP contribution is 2.21. The first-order valence-corrected chi connectivity index (χ1v) is 8.90. The normalized spacial score (nSPS) is 10.4. The van der Waals surface area contributed by atoms with E-state index < -0.39 is 0 Å². The topological polar surface area (TPSA) is 47.6 Å². The van der Waals surface area contributed by atoms with Crippen LogP contribution < -0.4 is 14.8 Å². The minimum Gasteiger partial charge on any atom is -0.494 e. The maximum Gasteiger partial charge on any atom is 0.220 e. The van der Waals surface area contributed by atoms with E-state index in [0.29, 0.717) is 42.6 Å². The molecule has 0 heterocycles. The number of carbonyl (C=O) groups excluding carboxylic acids is 1. The van der Waals surface area contributed by atoms with Gasteiger partial charge in [-0.15, -0.1) is 0 Å². The van der Waals surface area contributed by atoms with Crippen molar-refractivity contribution >= 4 is 29.1 Å². The summed E-state index contributed by atoms with van der Waals surface area (Å²) in [6.07, 6.45) is 1.02. The van der Waals surface area contributed by atoms with Crippen LogP contribution in [0.2, 0.25) is 10.0 Å². The van der Waals surface area contributed by atoms with E-state index in [4.69, 9.17) is 32.7 Å². The second-order valence-corrected chi connectivity index (χ2v) is 6.21. The first-order valence-electron chi connectivity index (χ1n) is 8.14. The van der Waals surface area contributed by atoms with E-state index in [0.717, 1.165) is 17.1 Å². The molecule has 0 saturated carbocycles. The SMILES string of the molecule is CCOc1ccc(OCCCC(=O)NCc2ccc(Cl)cc2Cl)cc1. The van der Waals surface area contributed by atoms with Crippen molar-refractivity contribution in [3.63, 3.8) is 0 Å². The molecule has 0 spiro atoms. The third-order valence-corrected chi connectivity index (χ3v) is 4.03. The number of amides is 1. The summed E-state index contributed by atoms with van der Waals surface area (Å²) in [7, 11) is 0. The largest absolute Gasteiger partial charge is 0.494 e. The highest BCUT2D eigenvalue weighted by atomic mass is 35.5. The fourth-order valence-corrected chi connectivity index (χ4v) is 2.64. The van der Waals surface area contributed by atoms with Gasteiger partial charge in [0.15, 0.2) is 0 Å². The molecular weight excluding hydrogens is 361 g/mol. The van der Waals surface area contributed by atoms with Crippen LogP contribution >= 0.6 is 23.2 Å². The van der Waals surface area contributed by atoms with Gasteiger partial charge in [0.25, 0.3) is 0 Å². The van der Waals surface area contributed by atoms with E-state index in [1.54, 1.807) is 18.2 Å². The first-order chi connectivity index (χ1) is 12.1. The van der Waals surface area contributed by atoms with Gasteiger partial charge < -0.3 is 14.8 Å². The predicted molar refractivity (Wildman–Crippen MR) is 101 cm³/mol. The van der Waals surface area contributed by atoms with Crippen molar-refractivity contribution in [2.75, 3.05) is 13.2 Å². The van der Waals surface area contributed by atoms with Crippen LogP contribution in [0.5, 0.6) is 11.5 Å². The number of ether oxygens (including phenoxy) is 2. The Labute approximate surface area is 158 Å². The number of benzene rings is 2. The van der Waals surface area contributed by atoms with E-state index in [-0.39, 0.29) is 5.91 Å². The summed E-state index contributed by atoms with van der Waals surface area (Å²) in [5.74, 6) is 1.54. The smallest absolute Gasteiger partial charge is 0.220 e. The van der Waals surface area contributed by atoms with Gasteiger partial charge in [-0.2, -0.15) is 0 Å². The molecule has 0 aliphatic carbocycles. The molecule has 2 aromatic carbocycles. The van der Waals surface area contributed by atoms with E-state index >= 15 is 0 Å². The van der Waals surface area contributed by atoms with Crippen molar-refractivity contribution < 1.29 is 14.3 Å². The molecule has 6 heteroatoms. The maximum absolute atomic E-state index is 11.9. The standard InChI is InChI=1S/C19H21Cl2NO3/c1-2-24-16-7-9-17(10-8-16)25-11-3-4-19(23)22-13-14-5-6-15(20)12-18(14)21/h5-10,12H,2-4,11,13H2,1H3,(H,22,23). The molecule has 2 rings (SSSR count). The third-order valence-electron chi connectivity index (χ3n) is 3.44. The van der Waals surface area contributed by atoms with Crippen LogP contribution in [0.4, 0.5) is 0 Å². The van der Waals surface area contributed by atoms with Crippen LogP contribution in [-0.2, 0) is 11.3 Å². The van der Waals surface area contributed by atoms with Crippen LogP contribution in [-0.4, -0.2) is 19.1 Å². The molecular formula is C19H21Cl2NO3. The summed E-state index contributed by atoms with van der Waals surface area (Å²) in [5.41, 5.74) is 0.838. The van der Waals surface area contributed by atoms with Crippen molar-refractivity contribution in [1.82, 2.24) is 5.32 Å². The van der Waals surface area contributed by atoms with Gasteiger partial charge in [-0.25, -0.2) is 0 Å². The zero-order valence-electron chi connectivity index (χ0n) is 14.1. The van der Waals surface area contributed by atoms with Crippen LogP contribution in [0, 0.1) is 0 Å². The van der Waals surface area contributed by atoms with Crippen LogP contribution in [0.25, 0.3) is 0 Å². The number of rotatable bonds is 9. The monoisotopic (exact) mass is 381 g/mol. The summed E-state index contributed by atoms with van der Waals surface area (Å²) in [4.78, 5) is 11.9. The highest BCUT2D eigenvalue weighted by molar-refractivity contribution is 6.35. The molecule has 0 fully saturated rings. The summed E-state index contributed by atoms with van der Waals surface area (Å²) in [6, 6.07) is 12.7. The molecule has 0 bridgehead atoms. The Morgan fingerprint density at radius 1 is 1.04 bits per heavy atom. The molecule has 2 aromatic rings. The Morgan fingerprint density at radius 3 is 2.36 bits per heavy atom. The molecule has 0 aliphatic heterocycles. The highest BCUT2D eigenvalue weighted by Gasteiger charge is 2.05. The van der Waals surface area contributed by atoms with Crippen LogP contribution in [0.3, 0.4) is 0 Å². The summed E-state index contributed by atoms with van der Waals surface area (Å²) in [5, 5.41) is 3.96. The number of halogens is 2. The van der Waals surface area contributed by atoms with Crippen LogP contribution in [0.1, 0.15) is 25.3 Å². The first kappa shape index (κ1) is 19.4. The number of hydrogen-bond acceptors (Lipinski definition) is 3. The van der Waals surface area contributed by atoms with Gasteiger partial charge in [0.1, 0.15) is 11.5 Å². The summed E-state index contributed by atoms with van der Waals surface area (Å²) in [6.45, 7) is 3.44. The second kappa shape index (κ2) is 10.2. The number of hydrogen-bond donors (Lipinski definition) is 1. The van der Waals surface area contributed by atoms with Crippen molar-refractivity contribution in [3.05, 3.63) is 58.1 Å². The minimum absolute atomic E-state index is 0.0405. The molecule has 0 radical (unpaired) electrons. The average Bonchev–Trinajstić information content (AvgIpc) is 2.59. The fourth-order valence-electron chi connectivity index (χ4n) is 2.17. The minimum atomic E-state index is -0.0405. The van der Waals surface area contributed by atoms with Crippen LogP contribution in [0.15, 0.2) is 42.5 Å². The van der Waals surface area contributed by atoms with Gasteiger partial charge >= 0.3 is 0 Å². The van der Waals surface area contributed by atoms with E-state index in [2.05, 4.69) is 5.32 Å². The Balaban J connectivity index is 1.65. The number of nitrogens with one attached hydrogen (secondary N) is 1. The average molecular weight is 382 g/mol. The van der Waals surface area contributed by atoms with Gasteiger partial charge in [-0.1, -0.05) is 29.3 Å². The van der Waals surface area contributed by atoms with Crippen molar-refractivity contribution in [1.29, 1.82) is 0 Å². The fraction of sp³-hybridized carbons (Fsp3) is 0.316.